The number of amides is 1. The molecule has 2 fully saturated rings. The molecule has 1 aliphatic carbocycles. The van der Waals surface area contributed by atoms with Gasteiger partial charge in [0.2, 0.25) is 5.56 Å². The molecule has 4 rings (SSSR count). The predicted molar refractivity (Wildman–Crippen MR) is 90.8 cm³/mol. The van der Waals surface area contributed by atoms with Crippen LogP contribution in [-0.4, -0.2) is 47.8 Å². The summed E-state index contributed by atoms with van der Waals surface area (Å²) >= 11 is 0. The van der Waals surface area contributed by atoms with E-state index in [1.807, 2.05) is 6.07 Å². The van der Waals surface area contributed by atoms with Crippen LogP contribution in [0.1, 0.15) is 29.6 Å². The number of carbonyl (C=O) groups excluding carboxylic acids is 1. The van der Waals surface area contributed by atoms with Crippen molar-refractivity contribution in [2.24, 2.45) is 0 Å². The number of nitrogens with one attached hydrogen (secondary N) is 1. The van der Waals surface area contributed by atoms with Crippen molar-refractivity contribution in [3.63, 3.8) is 0 Å². The van der Waals surface area contributed by atoms with Crippen LogP contribution in [0.4, 0.5) is 0 Å². The van der Waals surface area contributed by atoms with Crippen LogP contribution in [0.15, 0.2) is 35.1 Å². The molecule has 1 saturated heterocycles. The van der Waals surface area contributed by atoms with Crippen molar-refractivity contribution in [1.82, 2.24) is 9.88 Å². The van der Waals surface area contributed by atoms with Gasteiger partial charge in [-0.2, -0.15) is 0 Å². The van der Waals surface area contributed by atoms with E-state index >= 15 is 0 Å². The van der Waals surface area contributed by atoms with Crippen molar-refractivity contribution in [2.45, 2.75) is 31.3 Å². The number of aromatic nitrogens is 1. The number of hydrogen-bond donors (Lipinski definition) is 1. The van der Waals surface area contributed by atoms with Gasteiger partial charge in [-0.3, -0.25) is 9.59 Å². The summed E-state index contributed by atoms with van der Waals surface area (Å²) in [7, 11) is -3.07. The average Bonchev–Trinajstić information content (AvgIpc) is 3.30. The average molecular weight is 346 g/mol. The van der Waals surface area contributed by atoms with E-state index in [1.54, 1.807) is 23.1 Å². The van der Waals surface area contributed by atoms with Crippen LogP contribution in [0.25, 0.3) is 10.9 Å². The maximum absolute atomic E-state index is 13.2. The normalized spacial score (nSPS) is 22.6. The van der Waals surface area contributed by atoms with Crippen molar-refractivity contribution in [2.75, 3.05) is 11.5 Å². The Morgan fingerprint density at radius 3 is 2.54 bits per heavy atom. The van der Waals surface area contributed by atoms with Crippen molar-refractivity contribution in [1.29, 1.82) is 0 Å². The Balaban J connectivity index is 1.78. The highest BCUT2D eigenvalue weighted by atomic mass is 32.2. The lowest BCUT2D eigenvalue weighted by Crippen LogP contribution is -2.43. The zero-order valence-corrected chi connectivity index (χ0v) is 13.9. The molecule has 2 aliphatic rings. The summed E-state index contributed by atoms with van der Waals surface area (Å²) in [6.45, 7) is 0. The second-order valence-corrected chi connectivity index (χ2v) is 8.82. The Morgan fingerprint density at radius 2 is 1.88 bits per heavy atom. The van der Waals surface area contributed by atoms with Crippen molar-refractivity contribution in [3.8, 4) is 0 Å². The lowest BCUT2D eigenvalue weighted by atomic mass is 10.1. The SMILES string of the molecule is O=C(c1cc(=O)[nH]c2ccccc12)N(C1CC1)C1CCS(=O)(=O)C1. The Labute approximate surface area is 139 Å². The number of sulfone groups is 1. The number of rotatable bonds is 3. The number of aromatic amines is 1. The van der Waals surface area contributed by atoms with Crippen LogP contribution < -0.4 is 5.56 Å². The van der Waals surface area contributed by atoms with E-state index in [1.165, 1.54) is 6.07 Å². The molecule has 0 bridgehead atoms. The van der Waals surface area contributed by atoms with Crippen LogP contribution in [0, 0.1) is 0 Å². The Bertz CT molecular complexity index is 975. The van der Waals surface area contributed by atoms with Gasteiger partial charge in [-0.25, -0.2) is 8.42 Å². The van der Waals surface area contributed by atoms with Crippen LogP contribution in [-0.2, 0) is 9.84 Å². The van der Waals surface area contributed by atoms with Gasteiger partial charge in [0, 0.05) is 29.1 Å². The molecule has 1 aliphatic heterocycles. The van der Waals surface area contributed by atoms with E-state index in [9.17, 15) is 18.0 Å². The highest BCUT2D eigenvalue weighted by molar-refractivity contribution is 7.91. The number of pyridine rings is 1. The first-order valence-electron chi connectivity index (χ1n) is 8.10. The van der Waals surface area contributed by atoms with E-state index in [4.69, 9.17) is 0 Å². The van der Waals surface area contributed by atoms with Crippen LogP contribution >= 0.6 is 0 Å². The fourth-order valence-electron chi connectivity index (χ4n) is 3.50. The summed E-state index contributed by atoms with van der Waals surface area (Å²) < 4.78 is 23.6. The molecule has 0 radical (unpaired) electrons. The minimum absolute atomic E-state index is 0.0242. The predicted octanol–water partition coefficient (Wildman–Crippen LogP) is 1.32. The van der Waals surface area contributed by atoms with Crippen molar-refractivity contribution < 1.29 is 13.2 Å². The van der Waals surface area contributed by atoms with Crippen LogP contribution in [0.5, 0.6) is 0 Å². The molecule has 126 valence electrons. The Morgan fingerprint density at radius 1 is 1.12 bits per heavy atom. The summed E-state index contributed by atoms with van der Waals surface area (Å²) in [6, 6.07) is 8.31. The quantitative estimate of drug-likeness (QED) is 0.908. The lowest BCUT2D eigenvalue weighted by molar-refractivity contribution is 0.0682. The zero-order valence-electron chi connectivity index (χ0n) is 13.1. The molecule has 1 atom stereocenters. The molecule has 1 N–H and O–H groups in total. The van der Waals surface area contributed by atoms with Gasteiger partial charge in [-0.15, -0.1) is 0 Å². The lowest BCUT2D eigenvalue weighted by Gasteiger charge is -2.28. The van der Waals surface area contributed by atoms with E-state index in [-0.39, 0.29) is 35.1 Å². The summed E-state index contributed by atoms with van der Waals surface area (Å²) in [5, 5.41) is 0.689. The highest BCUT2D eigenvalue weighted by Gasteiger charge is 2.42. The first kappa shape index (κ1) is 15.4. The van der Waals surface area contributed by atoms with Crippen LogP contribution in [0.2, 0.25) is 0 Å². The van der Waals surface area contributed by atoms with E-state index in [0.717, 1.165) is 12.8 Å². The summed E-state index contributed by atoms with van der Waals surface area (Å²) in [6.07, 6.45) is 2.26. The molecular weight excluding hydrogens is 328 g/mol. The third-order valence-electron chi connectivity index (χ3n) is 4.76. The first-order chi connectivity index (χ1) is 11.4. The fourth-order valence-corrected chi connectivity index (χ4v) is 5.21. The topological polar surface area (TPSA) is 87.3 Å². The molecule has 1 saturated carbocycles. The molecule has 1 amide bonds. The summed E-state index contributed by atoms with van der Waals surface area (Å²) in [5.74, 6) is -0.0809. The molecule has 7 heteroatoms. The number of carbonyl (C=O) groups is 1. The fraction of sp³-hybridized carbons (Fsp3) is 0.412. The molecule has 1 aromatic carbocycles. The summed E-state index contributed by atoms with van der Waals surface area (Å²) in [5.41, 5.74) is 0.639. The van der Waals surface area contributed by atoms with Gasteiger partial charge in [-0.05, 0) is 25.3 Å². The second-order valence-electron chi connectivity index (χ2n) is 6.59. The van der Waals surface area contributed by atoms with Gasteiger partial charge < -0.3 is 9.88 Å². The molecule has 2 aromatic rings. The molecule has 24 heavy (non-hydrogen) atoms. The van der Waals surface area contributed by atoms with Gasteiger partial charge in [0.15, 0.2) is 9.84 Å². The van der Waals surface area contributed by atoms with Crippen molar-refractivity contribution >= 4 is 26.6 Å². The van der Waals surface area contributed by atoms with Gasteiger partial charge in [-0.1, -0.05) is 18.2 Å². The maximum atomic E-state index is 13.2. The maximum Gasteiger partial charge on any atom is 0.255 e. The largest absolute Gasteiger partial charge is 0.332 e. The molecule has 1 unspecified atom stereocenters. The zero-order chi connectivity index (χ0) is 16.9. The Kier molecular flexibility index (Phi) is 3.49. The van der Waals surface area contributed by atoms with E-state index in [0.29, 0.717) is 22.9 Å². The van der Waals surface area contributed by atoms with Gasteiger partial charge in [0.25, 0.3) is 5.91 Å². The minimum atomic E-state index is -3.07. The third-order valence-corrected chi connectivity index (χ3v) is 6.51. The number of fused-ring (bicyclic) bond motifs is 1. The van der Waals surface area contributed by atoms with Crippen LogP contribution in [0.3, 0.4) is 0 Å². The third kappa shape index (κ3) is 2.73. The van der Waals surface area contributed by atoms with E-state index < -0.39 is 9.84 Å². The monoisotopic (exact) mass is 346 g/mol. The number of para-hydroxylation sites is 1. The summed E-state index contributed by atoms with van der Waals surface area (Å²) in [4.78, 5) is 29.5. The smallest absolute Gasteiger partial charge is 0.255 e. The standard InChI is InChI=1S/C17H18N2O4S/c20-16-9-14(13-3-1-2-4-15(13)18-16)17(21)19(11-5-6-11)12-7-8-24(22,23)10-12/h1-4,9,11-12H,5-8,10H2,(H,18,20). The van der Waals surface area contributed by atoms with Gasteiger partial charge in [0.05, 0.1) is 17.1 Å². The number of benzene rings is 1. The second kappa shape index (κ2) is 5.44. The minimum Gasteiger partial charge on any atom is -0.332 e. The number of H-pyrrole nitrogens is 1. The van der Waals surface area contributed by atoms with Gasteiger partial charge >= 0.3 is 0 Å². The Hall–Kier alpha value is -2.15. The number of nitrogens with zero attached hydrogens (tertiary/aromatic N) is 1. The number of hydrogen-bond acceptors (Lipinski definition) is 4. The molecular formula is C17H18N2O4S. The van der Waals surface area contributed by atoms with Crippen molar-refractivity contribution in [3.05, 3.63) is 46.2 Å². The van der Waals surface area contributed by atoms with Gasteiger partial charge in [0.1, 0.15) is 0 Å². The van der Waals surface area contributed by atoms with E-state index in [2.05, 4.69) is 4.98 Å². The first-order valence-corrected chi connectivity index (χ1v) is 9.92. The highest BCUT2D eigenvalue weighted by Crippen LogP contribution is 2.34. The molecule has 2 heterocycles. The molecule has 0 spiro atoms. The molecule has 1 aromatic heterocycles. The molecule has 6 nitrogen and oxygen atoms in total.